The molecule has 2 heterocycles. The molecule has 3 atom stereocenters. The van der Waals surface area contributed by atoms with E-state index in [2.05, 4.69) is 19.2 Å². The molecule has 1 fully saturated rings. The highest BCUT2D eigenvalue weighted by Gasteiger charge is 2.31. The van der Waals surface area contributed by atoms with E-state index in [1.54, 1.807) is 22.7 Å². The molecule has 3 unspecified atom stereocenters. The highest BCUT2D eigenvalue weighted by Crippen LogP contribution is 2.26. The average molecular weight is 419 g/mol. The second-order valence-electron chi connectivity index (χ2n) is 8.28. The Kier molecular flexibility index (Phi) is 6.80. The van der Waals surface area contributed by atoms with Gasteiger partial charge in [0.2, 0.25) is 10.0 Å². The molecule has 2 aromatic rings. The van der Waals surface area contributed by atoms with E-state index in [-0.39, 0.29) is 16.8 Å². The number of carbonyl (C=O) groups is 1. The van der Waals surface area contributed by atoms with Crippen LogP contribution in [0.2, 0.25) is 0 Å². The lowest BCUT2D eigenvalue weighted by Crippen LogP contribution is -2.42. The van der Waals surface area contributed by atoms with Gasteiger partial charge in [-0.1, -0.05) is 13.8 Å². The fraction of sp³-hybridized carbons (Fsp3) is 0.500. The van der Waals surface area contributed by atoms with E-state index in [1.165, 1.54) is 12.1 Å². The number of hydrogen-bond donors (Lipinski definition) is 1. The number of furan rings is 1. The third kappa shape index (κ3) is 5.48. The normalized spacial score (nSPS) is 21.6. The fourth-order valence-corrected chi connectivity index (χ4v) is 5.60. The summed E-state index contributed by atoms with van der Waals surface area (Å²) in [6.45, 7) is 7.19. The van der Waals surface area contributed by atoms with E-state index in [1.807, 2.05) is 19.1 Å². The molecule has 0 spiro atoms. The number of piperidine rings is 1. The number of hydrogen-bond acceptors (Lipinski definition) is 4. The SMILES string of the molecule is CC1CC(C)CN(S(=O)(=O)c2ccc(C(=O)NC(C)CCc3ccco3)cc2)C1. The van der Waals surface area contributed by atoms with Crippen LogP contribution in [0.4, 0.5) is 0 Å². The number of rotatable bonds is 7. The molecule has 6 nitrogen and oxygen atoms in total. The number of aryl methyl sites for hydroxylation is 1. The Morgan fingerprint density at radius 1 is 1.17 bits per heavy atom. The Morgan fingerprint density at radius 2 is 1.83 bits per heavy atom. The maximum atomic E-state index is 13.0. The molecule has 1 aromatic heterocycles. The summed E-state index contributed by atoms with van der Waals surface area (Å²) in [6.07, 6.45) is 4.19. The molecule has 0 saturated carbocycles. The molecule has 1 aromatic carbocycles. The van der Waals surface area contributed by atoms with Gasteiger partial charge >= 0.3 is 0 Å². The van der Waals surface area contributed by atoms with Gasteiger partial charge in [-0.3, -0.25) is 4.79 Å². The van der Waals surface area contributed by atoms with Crippen LogP contribution in [0.15, 0.2) is 52.0 Å². The van der Waals surface area contributed by atoms with E-state index in [0.717, 1.165) is 25.0 Å². The van der Waals surface area contributed by atoms with Crippen molar-refractivity contribution in [3.8, 4) is 0 Å². The minimum atomic E-state index is -3.54. The summed E-state index contributed by atoms with van der Waals surface area (Å²) >= 11 is 0. The van der Waals surface area contributed by atoms with Crippen molar-refractivity contribution < 1.29 is 17.6 Å². The van der Waals surface area contributed by atoms with Gasteiger partial charge in [-0.25, -0.2) is 8.42 Å². The number of benzene rings is 1. The first-order chi connectivity index (χ1) is 13.8. The smallest absolute Gasteiger partial charge is 0.251 e. The topological polar surface area (TPSA) is 79.6 Å². The molecule has 1 saturated heterocycles. The first-order valence-electron chi connectivity index (χ1n) is 10.2. The predicted molar refractivity (Wildman–Crippen MR) is 112 cm³/mol. The van der Waals surface area contributed by atoms with Gasteiger partial charge in [0.1, 0.15) is 5.76 Å². The van der Waals surface area contributed by atoms with Gasteiger partial charge in [-0.15, -0.1) is 0 Å². The van der Waals surface area contributed by atoms with Gasteiger partial charge in [-0.2, -0.15) is 4.31 Å². The van der Waals surface area contributed by atoms with Crippen molar-refractivity contribution in [2.75, 3.05) is 13.1 Å². The molecule has 3 rings (SSSR count). The summed E-state index contributed by atoms with van der Waals surface area (Å²) in [4.78, 5) is 12.7. The highest BCUT2D eigenvalue weighted by atomic mass is 32.2. The molecule has 0 aliphatic carbocycles. The molecule has 1 N–H and O–H groups in total. The first kappa shape index (κ1) is 21.6. The maximum Gasteiger partial charge on any atom is 0.251 e. The van der Waals surface area contributed by atoms with Crippen molar-refractivity contribution in [3.05, 3.63) is 54.0 Å². The quantitative estimate of drug-likeness (QED) is 0.744. The third-order valence-electron chi connectivity index (χ3n) is 5.37. The summed E-state index contributed by atoms with van der Waals surface area (Å²) in [5, 5.41) is 2.95. The zero-order valence-corrected chi connectivity index (χ0v) is 18.1. The minimum Gasteiger partial charge on any atom is -0.469 e. The molecule has 158 valence electrons. The van der Waals surface area contributed by atoms with Gasteiger partial charge in [0.15, 0.2) is 0 Å². The van der Waals surface area contributed by atoms with Gasteiger partial charge < -0.3 is 9.73 Å². The standard InChI is InChI=1S/C22H30N2O4S/c1-16-13-17(2)15-24(14-16)29(26,27)21-10-7-19(8-11-21)22(25)23-18(3)6-9-20-5-4-12-28-20/h4-5,7-8,10-12,16-18H,6,9,13-15H2,1-3H3,(H,23,25). The Hall–Kier alpha value is -2.12. The number of carbonyl (C=O) groups excluding carboxylic acids is 1. The van der Waals surface area contributed by atoms with E-state index in [0.29, 0.717) is 30.5 Å². The Morgan fingerprint density at radius 3 is 2.41 bits per heavy atom. The lowest BCUT2D eigenvalue weighted by Gasteiger charge is -2.34. The van der Waals surface area contributed by atoms with Crippen molar-refractivity contribution in [1.29, 1.82) is 0 Å². The highest BCUT2D eigenvalue weighted by molar-refractivity contribution is 7.89. The van der Waals surface area contributed by atoms with Crippen molar-refractivity contribution in [2.45, 2.75) is 51.0 Å². The molecule has 0 radical (unpaired) electrons. The lowest BCUT2D eigenvalue weighted by atomic mass is 9.94. The molecule has 1 aliphatic rings. The molecule has 1 aliphatic heterocycles. The van der Waals surface area contributed by atoms with E-state index in [4.69, 9.17) is 4.42 Å². The van der Waals surface area contributed by atoms with Crippen molar-refractivity contribution in [2.24, 2.45) is 11.8 Å². The monoisotopic (exact) mass is 418 g/mol. The van der Waals surface area contributed by atoms with Crippen LogP contribution < -0.4 is 5.32 Å². The van der Waals surface area contributed by atoms with Crippen LogP contribution in [-0.2, 0) is 16.4 Å². The lowest BCUT2D eigenvalue weighted by molar-refractivity contribution is 0.0938. The number of amides is 1. The Balaban J connectivity index is 1.60. The van der Waals surface area contributed by atoms with E-state index < -0.39 is 10.0 Å². The van der Waals surface area contributed by atoms with Crippen molar-refractivity contribution in [3.63, 3.8) is 0 Å². The zero-order valence-electron chi connectivity index (χ0n) is 17.3. The summed E-state index contributed by atoms with van der Waals surface area (Å²) in [7, 11) is -3.54. The maximum absolute atomic E-state index is 13.0. The Labute approximate surface area is 173 Å². The Bertz CT molecular complexity index is 897. The summed E-state index contributed by atoms with van der Waals surface area (Å²) in [5.41, 5.74) is 0.453. The average Bonchev–Trinajstić information content (AvgIpc) is 3.19. The summed E-state index contributed by atoms with van der Waals surface area (Å²) < 4.78 is 32.8. The number of sulfonamides is 1. The van der Waals surface area contributed by atoms with Gasteiger partial charge in [0.25, 0.3) is 5.91 Å². The third-order valence-corrected chi connectivity index (χ3v) is 7.22. The van der Waals surface area contributed by atoms with Crippen LogP contribution in [0.5, 0.6) is 0 Å². The van der Waals surface area contributed by atoms with Gasteiger partial charge in [0.05, 0.1) is 11.2 Å². The largest absolute Gasteiger partial charge is 0.469 e. The molecule has 7 heteroatoms. The van der Waals surface area contributed by atoms with E-state index in [9.17, 15) is 13.2 Å². The van der Waals surface area contributed by atoms with Crippen LogP contribution in [0.3, 0.4) is 0 Å². The number of nitrogens with one attached hydrogen (secondary N) is 1. The van der Waals surface area contributed by atoms with Gasteiger partial charge in [-0.05, 0) is 68.0 Å². The number of nitrogens with zero attached hydrogens (tertiary/aromatic N) is 1. The summed E-state index contributed by atoms with van der Waals surface area (Å²) in [6, 6.07) is 9.96. The fourth-order valence-electron chi connectivity index (χ4n) is 3.92. The van der Waals surface area contributed by atoms with Crippen LogP contribution >= 0.6 is 0 Å². The van der Waals surface area contributed by atoms with Crippen LogP contribution in [0.25, 0.3) is 0 Å². The van der Waals surface area contributed by atoms with Crippen molar-refractivity contribution >= 4 is 15.9 Å². The molecule has 29 heavy (non-hydrogen) atoms. The molecular formula is C22H30N2O4S. The van der Waals surface area contributed by atoms with Crippen LogP contribution in [0, 0.1) is 11.8 Å². The summed E-state index contributed by atoms with van der Waals surface area (Å²) in [5.74, 6) is 1.38. The predicted octanol–water partition coefficient (Wildman–Crippen LogP) is 3.70. The van der Waals surface area contributed by atoms with E-state index >= 15 is 0 Å². The zero-order chi connectivity index (χ0) is 21.0. The van der Waals surface area contributed by atoms with Crippen molar-refractivity contribution in [1.82, 2.24) is 9.62 Å². The molecule has 1 amide bonds. The second-order valence-corrected chi connectivity index (χ2v) is 10.2. The van der Waals surface area contributed by atoms with Crippen LogP contribution in [0.1, 0.15) is 49.7 Å². The minimum absolute atomic E-state index is 0.0210. The van der Waals surface area contributed by atoms with Crippen LogP contribution in [-0.4, -0.2) is 37.8 Å². The molecule has 0 bridgehead atoms. The van der Waals surface area contributed by atoms with Gasteiger partial charge in [0, 0.05) is 31.1 Å². The second kappa shape index (κ2) is 9.13. The first-order valence-corrected chi connectivity index (χ1v) is 11.6. The molecular weight excluding hydrogens is 388 g/mol.